The maximum absolute atomic E-state index is 11.8. The largest absolute Gasteiger partial charge is 0.456 e. The molecule has 5 nitrogen and oxygen atoms in total. The van der Waals surface area contributed by atoms with Gasteiger partial charge in [0.25, 0.3) is 5.56 Å². The number of likely N-dealkylation sites (N-methyl/N-ethyl adjacent to an activating group) is 1. The molecule has 0 amide bonds. The molecule has 0 unspecified atom stereocenters. The van der Waals surface area contributed by atoms with E-state index in [4.69, 9.17) is 4.74 Å². The molecule has 1 aromatic heterocycles. The van der Waals surface area contributed by atoms with Gasteiger partial charge >= 0.3 is 0 Å². The molecule has 1 aliphatic rings. The molecule has 0 spiro atoms. The number of piperazine rings is 1. The van der Waals surface area contributed by atoms with Crippen molar-refractivity contribution in [1.82, 2.24) is 9.88 Å². The summed E-state index contributed by atoms with van der Waals surface area (Å²) in [6, 6.07) is 9.39. The number of ether oxygens (including phenoxy) is 1. The van der Waals surface area contributed by atoms with Crippen LogP contribution in [-0.2, 0) is 0 Å². The highest BCUT2D eigenvalue weighted by atomic mass is 16.5. The maximum atomic E-state index is 11.8. The fourth-order valence-electron chi connectivity index (χ4n) is 2.96. The molecule has 0 atom stereocenters. The zero-order valence-electron chi connectivity index (χ0n) is 14.5. The second-order valence-electron chi connectivity index (χ2n) is 6.12. The van der Waals surface area contributed by atoms with Crippen molar-refractivity contribution >= 4 is 17.8 Å². The smallest absolute Gasteiger partial charge is 0.252 e. The molecule has 1 aromatic carbocycles. The van der Waals surface area contributed by atoms with E-state index in [1.54, 1.807) is 12.2 Å². The highest BCUT2D eigenvalue weighted by molar-refractivity contribution is 5.66. The van der Waals surface area contributed by atoms with Gasteiger partial charge in [-0.25, -0.2) is 0 Å². The maximum Gasteiger partial charge on any atom is 0.252 e. The standard InChI is InChI=1S/C20H23N3O2/c1-4-17-18(5-2)21-20(24)14-19(17)25-16-8-6-7-15(13-16)23-11-9-22(3)10-12-23/h4-8,13-14H,1-2,9-12H2,3H3,(H,21,24). The minimum atomic E-state index is -0.231. The van der Waals surface area contributed by atoms with Crippen LogP contribution in [-0.4, -0.2) is 43.1 Å². The molecule has 1 N–H and O–H groups in total. The summed E-state index contributed by atoms with van der Waals surface area (Å²) in [7, 11) is 2.14. The first kappa shape index (κ1) is 17.0. The van der Waals surface area contributed by atoms with E-state index in [0.717, 1.165) is 37.4 Å². The van der Waals surface area contributed by atoms with Crippen LogP contribution in [0.5, 0.6) is 11.5 Å². The second-order valence-corrected chi connectivity index (χ2v) is 6.12. The molecule has 5 heteroatoms. The number of nitrogens with one attached hydrogen (secondary N) is 1. The molecule has 0 saturated carbocycles. The molecule has 0 aliphatic carbocycles. The lowest BCUT2D eigenvalue weighted by atomic mass is 10.1. The van der Waals surface area contributed by atoms with Gasteiger partial charge in [-0.1, -0.05) is 25.3 Å². The van der Waals surface area contributed by atoms with Crippen molar-refractivity contribution in [1.29, 1.82) is 0 Å². The first-order valence-electron chi connectivity index (χ1n) is 8.34. The third-order valence-electron chi connectivity index (χ3n) is 4.40. The van der Waals surface area contributed by atoms with Gasteiger partial charge in [-0.05, 0) is 25.3 Å². The third kappa shape index (κ3) is 3.83. The van der Waals surface area contributed by atoms with E-state index in [1.165, 1.54) is 6.07 Å². The van der Waals surface area contributed by atoms with E-state index in [-0.39, 0.29) is 5.56 Å². The summed E-state index contributed by atoms with van der Waals surface area (Å²) in [5, 5.41) is 0. The Bertz CT molecular complexity index is 833. The molecule has 1 fully saturated rings. The number of aromatic nitrogens is 1. The summed E-state index contributed by atoms with van der Waals surface area (Å²) in [4.78, 5) is 19.2. The SMILES string of the molecule is C=Cc1[nH]c(=O)cc(Oc2cccc(N3CCN(C)CC3)c2)c1C=C. The molecule has 0 radical (unpaired) electrons. The number of hydrogen-bond donors (Lipinski definition) is 1. The molecular weight excluding hydrogens is 314 g/mol. The van der Waals surface area contributed by atoms with Crippen LogP contribution in [0.25, 0.3) is 12.2 Å². The van der Waals surface area contributed by atoms with E-state index in [9.17, 15) is 4.79 Å². The monoisotopic (exact) mass is 337 g/mol. The average Bonchev–Trinajstić information content (AvgIpc) is 2.62. The lowest BCUT2D eigenvalue weighted by Crippen LogP contribution is -2.44. The Labute approximate surface area is 147 Å². The Kier molecular flexibility index (Phi) is 5.05. The van der Waals surface area contributed by atoms with Gasteiger partial charge in [-0.2, -0.15) is 0 Å². The van der Waals surface area contributed by atoms with Gasteiger partial charge in [0.15, 0.2) is 0 Å². The number of hydrogen-bond acceptors (Lipinski definition) is 4. The molecule has 1 saturated heterocycles. The van der Waals surface area contributed by atoms with E-state index in [1.807, 2.05) is 18.2 Å². The normalized spacial score (nSPS) is 15.0. The van der Waals surface area contributed by atoms with Crippen LogP contribution in [0.1, 0.15) is 11.3 Å². The van der Waals surface area contributed by atoms with Gasteiger partial charge in [0.05, 0.1) is 5.69 Å². The van der Waals surface area contributed by atoms with Gasteiger partial charge in [0, 0.05) is 49.6 Å². The summed E-state index contributed by atoms with van der Waals surface area (Å²) in [6.45, 7) is 11.6. The predicted octanol–water partition coefficient (Wildman–Crippen LogP) is 3.21. The Balaban J connectivity index is 1.88. The number of benzene rings is 1. The number of rotatable bonds is 5. The first-order chi connectivity index (χ1) is 12.1. The van der Waals surface area contributed by atoms with Crippen LogP contribution < -0.4 is 15.2 Å². The lowest BCUT2D eigenvalue weighted by Gasteiger charge is -2.34. The van der Waals surface area contributed by atoms with Crippen LogP contribution in [0.3, 0.4) is 0 Å². The Morgan fingerprint density at radius 1 is 1.12 bits per heavy atom. The molecule has 0 bridgehead atoms. The summed E-state index contributed by atoms with van der Waals surface area (Å²) < 4.78 is 6.00. The summed E-state index contributed by atoms with van der Waals surface area (Å²) >= 11 is 0. The van der Waals surface area contributed by atoms with Crippen molar-refractivity contribution in [3.8, 4) is 11.5 Å². The van der Waals surface area contributed by atoms with Crippen LogP contribution in [0.2, 0.25) is 0 Å². The highest BCUT2D eigenvalue weighted by Crippen LogP contribution is 2.29. The minimum Gasteiger partial charge on any atom is -0.456 e. The highest BCUT2D eigenvalue weighted by Gasteiger charge is 2.15. The molecular formula is C20H23N3O2. The van der Waals surface area contributed by atoms with Crippen molar-refractivity contribution in [2.45, 2.75) is 0 Å². The van der Waals surface area contributed by atoms with Gasteiger partial charge in [-0.15, -0.1) is 0 Å². The molecule has 2 aromatic rings. The Morgan fingerprint density at radius 2 is 1.88 bits per heavy atom. The first-order valence-corrected chi connectivity index (χ1v) is 8.34. The van der Waals surface area contributed by atoms with Gasteiger partial charge in [-0.3, -0.25) is 4.79 Å². The Hall–Kier alpha value is -2.79. The number of anilines is 1. The number of H-pyrrole nitrogens is 1. The quantitative estimate of drug-likeness (QED) is 0.910. The van der Waals surface area contributed by atoms with Gasteiger partial charge in [0.1, 0.15) is 11.5 Å². The molecule has 25 heavy (non-hydrogen) atoms. The number of aromatic amines is 1. The van der Waals surface area contributed by atoms with E-state index < -0.39 is 0 Å². The summed E-state index contributed by atoms with van der Waals surface area (Å²) in [5.41, 5.74) is 2.22. The van der Waals surface area contributed by atoms with Crippen molar-refractivity contribution in [2.24, 2.45) is 0 Å². The fourth-order valence-corrected chi connectivity index (χ4v) is 2.96. The molecule has 130 valence electrons. The fraction of sp³-hybridized carbons (Fsp3) is 0.250. The van der Waals surface area contributed by atoms with Crippen molar-refractivity contribution < 1.29 is 4.74 Å². The Morgan fingerprint density at radius 3 is 2.56 bits per heavy atom. The predicted molar refractivity (Wildman–Crippen MR) is 103 cm³/mol. The average molecular weight is 337 g/mol. The van der Waals surface area contributed by atoms with Gasteiger partial charge < -0.3 is 19.5 Å². The summed E-state index contributed by atoms with van der Waals surface area (Å²) in [6.07, 6.45) is 3.25. The van der Waals surface area contributed by atoms with E-state index in [2.05, 4.69) is 41.1 Å². The van der Waals surface area contributed by atoms with E-state index in [0.29, 0.717) is 17.2 Å². The molecule has 2 heterocycles. The second kappa shape index (κ2) is 7.40. The minimum absolute atomic E-state index is 0.231. The topological polar surface area (TPSA) is 48.6 Å². The van der Waals surface area contributed by atoms with Gasteiger partial charge in [0.2, 0.25) is 0 Å². The van der Waals surface area contributed by atoms with Crippen LogP contribution in [0.15, 0.2) is 48.3 Å². The number of pyridine rings is 1. The zero-order valence-corrected chi connectivity index (χ0v) is 14.5. The van der Waals surface area contributed by atoms with Crippen molar-refractivity contribution in [3.63, 3.8) is 0 Å². The third-order valence-corrected chi connectivity index (χ3v) is 4.40. The number of nitrogens with zero attached hydrogens (tertiary/aromatic N) is 2. The summed E-state index contributed by atoms with van der Waals surface area (Å²) in [5.74, 6) is 1.17. The van der Waals surface area contributed by atoms with Crippen LogP contribution in [0, 0.1) is 0 Å². The van der Waals surface area contributed by atoms with Crippen molar-refractivity contribution in [2.75, 3.05) is 38.1 Å². The lowest BCUT2D eigenvalue weighted by molar-refractivity contribution is 0.313. The van der Waals surface area contributed by atoms with E-state index >= 15 is 0 Å². The van der Waals surface area contributed by atoms with Crippen LogP contribution in [0.4, 0.5) is 5.69 Å². The van der Waals surface area contributed by atoms with Crippen LogP contribution >= 0.6 is 0 Å². The molecule has 3 rings (SSSR count). The zero-order chi connectivity index (χ0) is 17.8. The molecule has 1 aliphatic heterocycles. The van der Waals surface area contributed by atoms with Crippen molar-refractivity contribution in [3.05, 3.63) is 65.1 Å².